The van der Waals surface area contributed by atoms with E-state index >= 15 is 0 Å². The fraction of sp³-hybridized carbons (Fsp3) is 0.364. The molecular formula is C22H25NO. The summed E-state index contributed by atoms with van der Waals surface area (Å²) in [4.78, 5) is 2.58. The van der Waals surface area contributed by atoms with Crippen LogP contribution in [-0.4, -0.2) is 24.6 Å². The van der Waals surface area contributed by atoms with Gasteiger partial charge < -0.3 is 4.74 Å². The van der Waals surface area contributed by atoms with Gasteiger partial charge in [0.15, 0.2) is 0 Å². The van der Waals surface area contributed by atoms with Crippen molar-refractivity contribution in [3.05, 3.63) is 71.3 Å². The van der Waals surface area contributed by atoms with E-state index in [-0.39, 0.29) is 5.41 Å². The van der Waals surface area contributed by atoms with E-state index in [0.29, 0.717) is 0 Å². The Morgan fingerprint density at radius 1 is 1.00 bits per heavy atom. The first-order chi connectivity index (χ1) is 11.8. The molecule has 0 amide bonds. The van der Waals surface area contributed by atoms with E-state index in [4.69, 9.17) is 4.74 Å². The van der Waals surface area contributed by atoms with E-state index in [2.05, 4.69) is 65.6 Å². The molecule has 2 aromatic rings. The Morgan fingerprint density at radius 2 is 1.75 bits per heavy atom. The van der Waals surface area contributed by atoms with Crippen LogP contribution in [0.3, 0.4) is 0 Å². The van der Waals surface area contributed by atoms with Crippen LogP contribution in [0, 0.1) is 0 Å². The quantitative estimate of drug-likeness (QED) is 0.813. The number of likely N-dealkylation sites (tertiary alicyclic amines) is 1. The summed E-state index contributed by atoms with van der Waals surface area (Å²) in [5, 5.41) is 0. The van der Waals surface area contributed by atoms with Gasteiger partial charge in [-0.1, -0.05) is 48.6 Å². The normalized spacial score (nSPS) is 18.7. The minimum absolute atomic E-state index is 0.284. The van der Waals surface area contributed by atoms with Crippen molar-refractivity contribution >= 4 is 6.08 Å². The fourth-order valence-corrected chi connectivity index (χ4v) is 4.10. The van der Waals surface area contributed by atoms with Crippen LogP contribution < -0.4 is 4.74 Å². The second-order valence-corrected chi connectivity index (χ2v) is 6.93. The van der Waals surface area contributed by atoms with Gasteiger partial charge in [0.2, 0.25) is 0 Å². The smallest absolute Gasteiger partial charge is 0.119 e. The summed E-state index contributed by atoms with van der Waals surface area (Å²) in [7, 11) is 0. The Hall–Kier alpha value is -2.06. The maximum Gasteiger partial charge on any atom is 0.119 e. The first-order valence-corrected chi connectivity index (χ1v) is 9.02. The minimum atomic E-state index is 0.284. The average Bonchev–Trinajstić information content (AvgIpc) is 2.98. The second kappa shape index (κ2) is 6.45. The van der Waals surface area contributed by atoms with Crippen LogP contribution in [0.2, 0.25) is 0 Å². The molecule has 0 unspecified atom stereocenters. The molecule has 1 spiro atoms. The van der Waals surface area contributed by atoms with Crippen molar-refractivity contribution in [2.24, 2.45) is 0 Å². The molecule has 2 heteroatoms. The van der Waals surface area contributed by atoms with E-state index < -0.39 is 0 Å². The molecule has 0 N–H and O–H groups in total. The Morgan fingerprint density at radius 3 is 2.50 bits per heavy atom. The Balaban J connectivity index is 1.39. The van der Waals surface area contributed by atoms with Crippen molar-refractivity contribution in [2.75, 3.05) is 19.7 Å². The third-order valence-corrected chi connectivity index (χ3v) is 5.47. The van der Waals surface area contributed by atoms with Crippen LogP contribution in [0.15, 0.2) is 54.6 Å². The lowest BCUT2D eigenvalue weighted by atomic mass is 9.74. The van der Waals surface area contributed by atoms with Crippen molar-refractivity contribution in [2.45, 2.75) is 31.7 Å². The van der Waals surface area contributed by atoms with Crippen molar-refractivity contribution in [3.8, 4) is 5.75 Å². The number of rotatable bonds is 4. The average molecular weight is 319 g/mol. The summed E-state index contributed by atoms with van der Waals surface area (Å²) < 4.78 is 5.53. The van der Waals surface area contributed by atoms with Crippen LogP contribution >= 0.6 is 0 Å². The van der Waals surface area contributed by atoms with E-state index in [9.17, 15) is 0 Å². The third-order valence-electron chi connectivity index (χ3n) is 5.47. The van der Waals surface area contributed by atoms with Gasteiger partial charge in [0, 0.05) is 12.0 Å². The van der Waals surface area contributed by atoms with Gasteiger partial charge in [-0.25, -0.2) is 0 Å². The van der Waals surface area contributed by atoms with Gasteiger partial charge in [-0.3, -0.25) is 4.90 Å². The molecule has 1 heterocycles. The zero-order valence-corrected chi connectivity index (χ0v) is 14.4. The number of allylic oxidation sites excluding steroid dienone is 1. The molecule has 0 radical (unpaired) electrons. The SMILES string of the molecule is CCOc1ccc(CN2CCC3(C=Cc4ccccc43)CC2)cc1. The van der Waals surface area contributed by atoms with E-state index in [1.807, 2.05) is 6.92 Å². The van der Waals surface area contributed by atoms with E-state index in [0.717, 1.165) is 32.0 Å². The first-order valence-electron chi connectivity index (χ1n) is 9.02. The predicted molar refractivity (Wildman–Crippen MR) is 99.3 cm³/mol. The highest BCUT2D eigenvalue weighted by Gasteiger charge is 2.37. The molecule has 2 aromatic carbocycles. The Bertz CT molecular complexity index is 724. The van der Waals surface area contributed by atoms with E-state index in [1.165, 1.54) is 29.5 Å². The predicted octanol–water partition coefficient (Wildman–Crippen LogP) is 4.65. The molecule has 4 rings (SSSR count). The standard InChI is InChI=1S/C22H25NO/c1-2-24-20-9-7-18(8-10-20)17-23-15-13-22(14-16-23)12-11-19-5-3-4-6-21(19)22/h3-12H,2,13-17H2,1H3. The van der Waals surface area contributed by atoms with Crippen molar-refractivity contribution in [1.29, 1.82) is 0 Å². The monoisotopic (exact) mass is 319 g/mol. The fourth-order valence-electron chi connectivity index (χ4n) is 4.10. The number of hydrogen-bond acceptors (Lipinski definition) is 2. The van der Waals surface area contributed by atoms with Gasteiger partial charge in [-0.05, 0) is 61.7 Å². The highest BCUT2D eigenvalue weighted by molar-refractivity contribution is 5.65. The van der Waals surface area contributed by atoms with Gasteiger partial charge in [0.05, 0.1) is 6.61 Å². The molecule has 1 aliphatic heterocycles. The zero-order chi connectivity index (χ0) is 16.4. The topological polar surface area (TPSA) is 12.5 Å². The molecule has 1 aliphatic carbocycles. The zero-order valence-electron chi connectivity index (χ0n) is 14.4. The van der Waals surface area contributed by atoms with Gasteiger partial charge in [-0.2, -0.15) is 0 Å². The second-order valence-electron chi connectivity index (χ2n) is 6.93. The molecule has 0 saturated carbocycles. The largest absolute Gasteiger partial charge is 0.494 e. The highest BCUT2D eigenvalue weighted by Crippen LogP contribution is 2.43. The van der Waals surface area contributed by atoms with Crippen molar-refractivity contribution < 1.29 is 4.74 Å². The number of nitrogens with zero attached hydrogens (tertiary/aromatic N) is 1. The maximum atomic E-state index is 5.53. The van der Waals surface area contributed by atoms with Gasteiger partial charge in [-0.15, -0.1) is 0 Å². The molecule has 24 heavy (non-hydrogen) atoms. The lowest BCUT2D eigenvalue weighted by Crippen LogP contribution is -2.40. The van der Waals surface area contributed by atoms with Gasteiger partial charge in [0.25, 0.3) is 0 Å². The molecule has 2 aliphatic rings. The highest BCUT2D eigenvalue weighted by atomic mass is 16.5. The summed E-state index contributed by atoms with van der Waals surface area (Å²) in [6.45, 7) is 6.10. The van der Waals surface area contributed by atoms with Crippen molar-refractivity contribution in [1.82, 2.24) is 4.90 Å². The van der Waals surface area contributed by atoms with E-state index in [1.54, 1.807) is 0 Å². The molecule has 124 valence electrons. The number of ether oxygens (including phenoxy) is 1. The summed E-state index contributed by atoms with van der Waals surface area (Å²) in [6.07, 6.45) is 7.21. The number of fused-ring (bicyclic) bond motifs is 2. The summed E-state index contributed by atoms with van der Waals surface area (Å²) in [5.74, 6) is 0.964. The lowest BCUT2D eigenvalue weighted by molar-refractivity contribution is 0.177. The maximum absolute atomic E-state index is 5.53. The van der Waals surface area contributed by atoms with Crippen LogP contribution in [0.25, 0.3) is 6.08 Å². The molecular weight excluding hydrogens is 294 g/mol. The number of piperidine rings is 1. The molecule has 2 nitrogen and oxygen atoms in total. The van der Waals surface area contributed by atoms with Crippen molar-refractivity contribution in [3.63, 3.8) is 0 Å². The molecule has 0 bridgehead atoms. The molecule has 0 atom stereocenters. The minimum Gasteiger partial charge on any atom is -0.494 e. The summed E-state index contributed by atoms with van der Waals surface area (Å²) >= 11 is 0. The van der Waals surface area contributed by atoms with Gasteiger partial charge in [0.1, 0.15) is 5.75 Å². The molecule has 1 fully saturated rings. The lowest BCUT2D eigenvalue weighted by Gasteiger charge is -2.39. The number of benzene rings is 2. The van der Waals surface area contributed by atoms with Gasteiger partial charge >= 0.3 is 0 Å². The van der Waals surface area contributed by atoms with Crippen LogP contribution in [0.1, 0.15) is 36.5 Å². The Labute approximate surface area is 144 Å². The third kappa shape index (κ3) is 2.87. The summed E-state index contributed by atoms with van der Waals surface area (Å²) in [6, 6.07) is 17.4. The molecule has 1 saturated heterocycles. The number of hydrogen-bond donors (Lipinski definition) is 0. The molecule has 0 aromatic heterocycles. The van der Waals surface area contributed by atoms with Crippen LogP contribution in [0.4, 0.5) is 0 Å². The summed E-state index contributed by atoms with van der Waals surface area (Å²) in [5.41, 5.74) is 4.60. The van der Waals surface area contributed by atoms with Crippen LogP contribution in [0.5, 0.6) is 5.75 Å². The first kappa shape index (κ1) is 15.5. The Kier molecular flexibility index (Phi) is 4.15. The van der Waals surface area contributed by atoms with Crippen LogP contribution in [-0.2, 0) is 12.0 Å².